The van der Waals surface area contributed by atoms with Crippen LogP contribution >= 0.6 is 0 Å². The van der Waals surface area contributed by atoms with Crippen LogP contribution in [-0.2, 0) is 32.7 Å². The van der Waals surface area contributed by atoms with Gasteiger partial charge in [-0.25, -0.2) is 0 Å². The summed E-state index contributed by atoms with van der Waals surface area (Å²) >= 11 is 0. The van der Waals surface area contributed by atoms with Gasteiger partial charge in [0.1, 0.15) is 0 Å². The minimum Gasteiger partial charge on any atom is -0.662 e. The van der Waals surface area contributed by atoms with Crippen LogP contribution in [0.1, 0.15) is 33.1 Å². The van der Waals surface area contributed by atoms with E-state index in [4.69, 9.17) is 0 Å². The van der Waals surface area contributed by atoms with Crippen molar-refractivity contribution < 1.29 is 32.7 Å². The van der Waals surface area contributed by atoms with Gasteiger partial charge >= 0.3 is 0 Å². The maximum Gasteiger partial charge on any atom is 0 e. The molecule has 0 aliphatic carbocycles. The molecule has 1 heterocycles. The Morgan fingerprint density at radius 3 is 1.40 bits per heavy atom. The monoisotopic (exact) mass is 218 g/mol. The maximum atomic E-state index is 4.18. The Kier molecular flexibility index (Phi) is 28.6. The van der Waals surface area contributed by atoms with Crippen LogP contribution in [0.5, 0.6) is 0 Å². The summed E-state index contributed by atoms with van der Waals surface area (Å²) in [5.41, 5.74) is 0. The molecule has 0 N–H and O–H groups in total. The van der Waals surface area contributed by atoms with E-state index in [0.717, 1.165) is 13.1 Å². The standard InChI is InChI=1S/C5H10N.C2H6.CH3.Y/c1-2-4-6-5-3-1;1-2;;/h1-5H2;1-2H3;1H3;/q-1;;-1;. The van der Waals surface area contributed by atoms with Crippen molar-refractivity contribution in [2.75, 3.05) is 13.1 Å². The SMILES string of the molecule is C1CC[N-]CC1.CC.[CH3-].[Y]. The molecular formula is C8H19NY-2. The molecule has 0 aromatic heterocycles. The van der Waals surface area contributed by atoms with Crippen molar-refractivity contribution in [2.24, 2.45) is 0 Å². The molecule has 0 spiro atoms. The van der Waals surface area contributed by atoms with Gasteiger partial charge in [0.25, 0.3) is 0 Å². The molecule has 1 saturated heterocycles. The van der Waals surface area contributed by atoms with Crippen molar-refractivity contribution in [3.05, 3.63) is 12.7 Å². The van der Waals surface area contributed by atoms with Crippen molar-refractivity contribution in [2.45, 2.75) is 33.1 Å². The van der Waals surface area contributed by atoms with E-state index in [1.54, 1.807) is 0 Å². The molecule has 2 heteroatoms. The Morgan fingerprint density at radius 1 is 0.900 bits per heavy atom. The van der Waals surface area contributed by atoms with E-state index < -0.39 is 0 Å². The zero-order valence-electron chi connectivity index (χ0n) is 7.56. The van der Waals surface area contributed by atoms with Gasteiger partial charge in [-0.1, -0.05) is 33.1 Å². The Bertz CT molecular complexity index is 24.7. The second-order valence-electron chi connectivity index (χ2n) is 1.73. The minimum atomic E-state index is 0. The largest absolute Gasteiger partial charge is 0.662 e. The molecule has 0 aromatic carbocycles. The number of hydrogen-bond acceptors (Lipinski definition) is 0. The van der Waals surface area contributed by atoms with Crippen LogP contribution in [0.2, 0.25) is 0 Å². The predicted molar refractivity (Wildman–Crippen MR) is 44.7 cm³/mol. The van der Waals surface area contributed by atoms with E-state index in [2.05, 4.69) is 5.32 Å². The zero-order chi connectivity index (χ0) is 6.24. The van der Waals surface area contributed by atoms with E-state index >= 15 is 0 Å². The van der Waals surface area contributed by atoms with Crippen molar-refractivity contribution in [1.82, 2.24) is 0 Å². The van der Waals surface area contributed by atoms with Gasteiger partial charge in [0.05, 0.1) is 0 Å². The maximum absolute atomic E-state index is 4.18. The zero-order valence-corrected chi connectivity index (χ0v) is 10.4. The van der Waals surface area contributed by atoms with E-state index in [0.29, 0.717) is 0 Å². The summed E-state index contributed by atoms with van der Waals surface area (Å²) < 4.78 is 0. The Balaban J connectivity index is -0.000000114. The molecule has 61 valence electrons. The summed E-state index contributed by atoms with van der Waals surface area (Å²) in [4.78, 5) is 0. The first kappa shape index (κ1) is 17.2. The first-order valence-electron chi connectivity index (χ1n) is 3.63. The third-order valence-corrected chi connectivity index (χ3v) is 1.13. The Hall–Kier alpha value is 1.06. The van der Waals surface area contributed by atoms with Crippen molar-refractivity contribution in [3.8, 4) is 0 Å². The van der Waals surface area contributed by atoms with E-state index in [1.807, 2.05) is 13.8 Å². The molecule has 1 aliphatic heterocycles. The molecule has 0 aromatic rings. The number of nitrogens with zero attached hydrogens (tertiary/aromatic N) is 1. The molecule has 1 rings (SSSR count). The molecule has 0 atom stereocenters. The first-order valence-corrected chi connectivity index (χ1v) is 3.63. The number of piperidine rings is 1. The molecule has 1 radical (unpaired) electrons. The number of hydrogen-bond donors (Lipinski definition) is 0. The summed E-state index contributed by atoms with van der Waals surface area (Å²) in [6, 6.07) is 0. The third kappa shape index (κ3) is 11.8. The second kappa shape index (κ2) is 16.6. The summed E-state index contributed by atoms with van der Waals surface area (Å²) in [5, 5.41) is 4.18. The average molecular weight is 218 g/mol. The Labute approximate surface area is 91.2 Å². The molecule has 1 aliphatic rings. The van der Waals surface area contributed by atoms with Gasteiger partial charge < -0.3 is 12.7 Å². The van der Waals surface area contributed by atoms with Crippen LogP contribution < -0.4 is 0 Å². The van der Waals surface area contributed by atoms with Crippen molar-refractivity contribution in [3.63, 3.8) is 0 Å². The van der Waals surface area contributed by atoms with Gasteiger partial charge in [-0.15, -0.1) is 13.1 Å². The van der Waals surface area contributed by atoms with Gasteiger partial charge in [-0.2, -0.15) is 0 Å². The molecule has 0 bridgehead atoms. The van der Waals surface area contributed by atoms with Gasteiger partial charge in [0.15, 0.2) is 0 Å². The van der Waals surface area contributed by atoms with Crippen LogP contribution in [0.3, 0.4) is 0 Å². The molecule has 1 nitrogen and oxygen atoms in total. The first-order chi connectivity index (χ1) is 4.00. The van der Waals surface area contributed by atoms with Gasteiger partial charge in [0, 0.05) is 32.7 Å². The van der Waals surface area contributed by atoms with Gasteiger partial charge in [-0.3, -0.25) is 0 Å². The fourth-order valence-electron chi connectivity index (χ4n) is 0.736. The summed E-state index contributed by atoms with van der Waals surface area (Å²) in [6.45, 7) is 6.25. The van der Waals surface area contributed by atoms with Crippen molar-refractivity contribution in [1.29, 1.82) is 0 Å². The molecule has 1 fully saturated rings. The van der Waals surface area contributed by atoms with Crippen LogP contribution in [0.25, 0.3) is 5.32 Å². The minimum absolute atomic E-state index is 0. The van der Waals surface area contributed by atoms with E-state index in [-0.39, 0.29) is 40.1 Å². The normalized spacial score (nSPS) is 15.0. The third-order valence-electron chi connectivity index (χ3n) is 1.13. The molecule has 0 saturated carbocycles. The predicted octanol–water partition coefficient (Wildman–Crippen LogP) is 3.02. The van der Waals surface area contributed by atoms with E-state index in [9.17, 15) is 0 Å². The smallest absolute Gasteiger partial charge is 0 e. The molecule has 0 unspecified atom stereocenters. The average Bonchev–Trinajstić information content (AvgIpc) is 1.96. The van der Waals surface area contributed by atoms with Crippen molar-refractivity contribution >= 4 is 0 Å². The summed E-state index contributed by atoms with van der Waals surface area (Å²) in [5.74, 6) is 0. The quantitative estimate of drug-likeness (QED) is 0.555. The summed E-state index contributed by atoms with van der Waals surface area (Å²) in [6.07, 6.45) is 4.07. The molecular weight excluding hydrogens is 199 g/mol. The second-order valence-corrected chi connectivity index (χ2v) is 1.73. The number of rotatable bonds is 0. The molecule has 10 heavy (non-hydrogen) atoms. The topological polar surface area (TPSA) is 14.1 Å². The fourth-order valence-corrected chi connectivity index (χ4v) is 0.736. The van der Waals surface area contributed by atoms with Crippen LogP contribution in [0.15, 0.2) is 0 Å². The van der Waals surface area contributed by atoms with Crippen LogP contribution in [0, 0.1) is 7.43 Å². The van der Waals surface area contributed by atoms with Gasteiger partial charge in [0.2, 0.25) is 0 Å². The molecule has 0 amide bonds. The van der Waals surface area contributed by atoms with Crippen LogP contribution in [0.4, 0.5) is 0 Å². The van der Waals surface area contributed by atoms with Gasteiger partial charge in [-0.05, 0) is 0 Å². The van der Waals surface area contributed by atoms with Crippen LogP contribution in [-0.4, -0.2) is 13.1 Å². The summed E-state index contributed by atoms with van der Waals surface area (Å²) in [7, 11) is 0. The fraction of sp³-hybridized carbons (Fsp3) is 0.875. The Morgan fingerprint density at radius 2 is 1.30 bits per heavy atom. The van der Waals surface area contributed by atoms with E-state index in [1.165, 1.54) is 19.3 Å².